The highest BCUT2D eigenvalue weighted by Crippen LogP contribution is 2.13. The van der Waals surface area contributed by atoms with Gasteiger partial charge in [0.2, 0.25) is 0 Å². The predicted molar refractivity (Wildman–Crippen MR) is 42.0 cm³/mol. The number of aliphatic hydroxyl groups excluding tert-OH is 1. The molecule has 1 heterocycles. The molecular formula is C8H18O2. The van der Waals surface area contributed by atoms with E-state index in [0.29, 0.717) is 6.10 Å². The van der Waals surface area contributed by atoms with E-state index in [0.717, 1.165) is 19.4 Å². The third-order valence-corrected chi connectivity index (χ3v) is 1.48. The summed E-state index contributed by atoms with van der Waals surface area (Å²) in [6.07, 6.45) is 3.49. The normalized spacial score (nSPS) is 23.7. The van der Waals surface area contributed by atoms with E-state index in [9.17, 15) is 0 Å². The Hall–Kier alpha value is -0.0800. The van der Waals surface area contributed by atoms with Gasteiger partial charge in [0, 0.05) is 13.2 Å². The van der Waals surface area contributed by atoms with E-state index in [2.05, 4.69) is 0 Å². The number of hydrogen-bond acceptors (Lipinski definition) is 2. The Bertz CT molecular complexity index is 58.3. The summed E-state index contributed by atoms with van der Waals surface area (Å²) in [6, 6.07) is 0. The molecule has 0 amide bonds. The molecule has 2 heteroatoms. The smallest absolute Gasteiger partial charge is 0.0597 e. The summed E-state index contributed by atoms with van der Waals surface area (Å²) in [5.74, 6) is 0. The zero-order valence-electron chi connectivity index (χ0n) is 6.97. The standard InChI is InChI=1S/C6H12O2.C2H6/c7-4-3-6-2-1-5-8-6;1-2/h6-7H,1-5H2;1-2H3. The Balaban J connectivity index is 0.000000371. The Labute approximate surface area is 63.2 Å². The van der Waals surface area contributed by atoms with Gasteiger partial charge in [0.1, 0.15) is 0 Å². The van der Waals surface area contributed by atoms with E-state index in [1.54, 1.807) is 0 Å². The van der Waals surface area contributed by atoms with E-state index in [4.69, 9.17) is 9.84 Å². The number of aliphatic hydroxyl groups is 1. The zero-order valence-corrected chi connectivity index (χ0v) is 6.97. The quantitative estimate of drug-likeness (QED) is 0.640. The van der Waals surface area contributed by atoms with Crippen LogP contribution in [0.25, 0.3) is 0 Å². The van der Waals surface area contributed by atoms with E-state index in [1.165, 1.54) is 6.42 Å². The van der Waals surface area contributed by atoms with Gasteiger partial charge in [-0.15, -0.1) is 0 Å². The van der Waals surface area contributed by atoms with Gasteiger partial charge in [-0.1, -0.05) is 13.8 Å². The third kappa shape index (κ3) is 3.85. The van der Waals surface area contributed by atoms with Gasteiger partial charge in [-0.25, -0.2) is 0 Å². The molecule has 1 aliphatic heterocycles. The van der Waals surface area contributed by atoms with Gasteiger partial charge < -0.3 is 9.84 Å². The van der Waals surface area contributed by atoms with Gasteiger partial charge >= 0.3 is 0 Å². The van der Waals surface area contributed by atoms with Gasteiger partial charge in [-0.2, -0.15) is 0 Å². The lowest BCUT2D eigenvalue weighted by atomic mass is 10.2. The highest BCUT2D eigenvalue weighted by Gasteiger charge is 2.13. The molecule has 1 fully saturated rings. The molecule has 0 aliphatic carbocycles. The van der Waals surface area contributed by atoms with Gasteiger partial charge in [-0.3, -0.25) is 0 Å². The van der Waals surface area contributed by atoms with Crippen molar-refractivity contribution in [2.75, 3.05) is 13.2 Å². The molecule has 0 saturated carbocycles. The molecule has 0 radical (unpaired) electrons. The lowest BCUT2D eigenvalue weighted by molar-refractivity contribution is 0.0868. The van der Waals surface area contributed by atoms with E-state index in [1.807, 2.05) is 13.8 Å². The highest BCUT2D eigenvalue weighted by molar-refractivity contribution is 4.63. The molecule has 1 saturated heterocycles. The lowest BCUT2D eigenvalue weighted by Crippen LogP contribution is -2.06. The molecule has 0 spiro atoms. The van der Waals surface area contributed by atoms with Crippen molar-refractivity contribution in [3.63, 3.8) is 0 Å². The Morgan fingerprint density at radius 2 is 2.20 bits per heavy atom. The average molecular weight is 146 g/mol. The van der Waals surface area contributed by atoms with Gasteiger partial charge in [0.25, 0.3) is 0 Å². The van der Waals surface area contributed by atoms with Crippen LogP contribution in [0, 0.1) is 0 Å². The number of hydrogen-bond donors (Lipinski definition) is 1. The summed E-state index contributed by atoms with van der Waals surface area (Å²) in [5.41, 5.74) is 0. The second-order valence-corrected chi connectivity index (χ2v) is 2.15. The summed E-state index contributed by atoms with van der Waals surface area (Å²) in [7, 11) is 0. The van der Waals surface area contributed by atoms with Gasteiger partial charge in [0.15, 0.2) is 0 Å². The van der Waals surface area contributed by atoms with Crippen LogP contribution in [0.1, 0.15) is 33.1 Å². The van der Waals surface area contributed by atoms with Crippen LogP contribution in [0.5, 0.6) is 0 Å². The van der Waals surface area contributed by atoms with Crippen molar-refractivity contribution < 1.29 is 9.84 Å². The third-order valence-electron chi connectivity index (χ3n) is 1.48. The Kier molecular flexibility index (Phi) is 6.98. The van der Waals surface area contributed by atoms with Crippen molar-refractivity contribution in [2.45, 2.75) is 39.2 Å². The van der Waals surface area contributed by atoms with Crippen molar-refractivity contribution in [1.82, 2.24) is 0 Å². The molecule has 0 aromatic heterocycles. The second-order valence-electron chi connectivity index (χ2n) is 2.15. The van der Waals surface area contributed by atoms with Crippen LogP contribution < -0.4 is 0 Å². The lowest BCUT2D eigenvalue weighted by Gasteiger charge is -2.03. The van der Waals surface area contributed by atoms with Crippen LogP contribution in [0.15, 0.2) is 0 Å². The average Bonchev–Trinajstić information content (AvgIpc) is 2.46. The maximum absolute atomic E-state index is 8.45. The molecule has 1 N–H and O–H groups in total. The minimum atomic E-state index is 0.269. The summed E-state index contributed by atoms with van der Waals surface area (Å²) >= 11 is 0. The molecule has 0 aromatic rings. The summed E-state index contributed by atoms with van der Waals surface area (Å²) in [6.45, 7) is 5.16. The van der Waals surface area contributed by atoms with E-state index < -0.39 is 0 Å². The second kappa shape index (κ2) is 7.03. The fourth-order valence-corrected chi connectivity index (χ4v) is 1.02. The van der Waals surface area contributed by atoms with Crippen LogP contribution in [-0.4, -0.2) is 24.4 Å². The minimum absolute atomic E-state index is 0.269. The van der Waals surface area contributed by atoms with Crippen molar-refractivity contribution in [3.05, 3.63) is 0 Å². The molecular weight excluding hydrogens is 128 g/mol. The molecule has 1 unspecified atom stereocenters. The molecule has 10 heavy (non-hydrogen) atoms. The predicted octanol–water partition coefficient (Wildman–Crippen LogP) is 1.57. The van der Waals surface area contributed by atoms with E-state index >= 15 is 0 Å². The number of rotatable bonds is 2. The fourth-order valence-electron chi connectivity index (χ4n) is 1.02. The summed E-state index contributed by atoms with van der Waals surface area (Å²) < 4.78 is 5.23. The van der Waals surface area contributed by atoms with Crippen LogP contribution in [0.2, 0.25) is 0 Å². The minimum Gasteiger partial charge on any atom is -0.396 e. The van der Waals surface area contributed by atoms with Crippen LogP contribution in [-0.2, 0) is 4.74 Å². The Morgan fingerprint density at radius 1 is 1.50 bits per heavy atom. The topological polar surface area (TPSA) is 29.5 Å². The van der Waals surface area contributed by atoms with Crippen LogP contribution in [0.4, 0.5) is 0 Å². The molecule has 1 atom stereocenters. The van der Waals surface area contributed by atoms with Crippen molar-refractivity contribution >= 4 is 0 Å². The first kappa shape index (κ1) is 9.92. The molecule has 2 nitrogen and oxygen atoms in total. The van der Waals surface area contributed by atoms with Crippen molar-refractivity contribution in [3.8, 4) is 0 Å². The SMILES string of the molecule is CC.OCCC1CCCO1. The van der Waals surface area contributed by atoms with Crippen LogP contribution in [0.3, 0.4) is 0 Å². The summed E-state index contributed by atoms with van der Waals surface area (Å²) in [4.78, 5) is 0. The molecule has 1 aliphatic rings. The molecule has 0 aromatic carbocycles. The highest BCUT2D eigenvalue weighted by atomic mass is 16.5. The first-order valence-corrected chi connectivity index (χ1v) is 4.16. The Morgan fingerprint density at radius 3 is 2.60 bits per heavy atom. The fraction of sp³-hybridized carbons (Fsp3) is 1.00. The first-order chi connectivity index (χ1) is 4.93. The van der Waals surface area contributed by atoms with E-state index in [-0.39, 0.29) is 6.61 Å². The molecule has 0 bridgehead atoms. The van der Waals surface area contributed by atoms with Gasteiger partial charge in [0.05, 0.1) is 6.10 Å². The molecule has 62 valence electrons. The van der Waals surface area contributed by atoms with Gasteiger partial charge in [-0.05, 0) is 19.3 Å². The maximum Gasteiger partial charge on any atom is 0.0597 e. The number of ether oxygens (including phenoxy) is 1. The van der Waals surface area contributed by atoms with Crippen molar-refractivity contribution in [1.29, 1.82) is 0 Å². The first-order valence-electron chi connectivity index (χ1n) is 4.16. The van der Waals surface area contributed by atoms with Crippen molar-refractivity contribution in [2.24, 2.45) is 0 Å². The maximum atomic E-state index is 8.45. The summed E-state index contributed by atoms with van der Waals surface area (Å²) in [5, 5.41) is 8.45. The van der Waals surface area contributed by atoms with Crippen LogP contribution >= 0.6 is 0 Å². The molecule has 1 rings (SSSR count). The largest absolute Gasteiger partial charge is 0.396 e. The monoisotopic (exact) mass is 146 g/mol. The zero-order chi connectivity index (χ0) is 7.82.